The normalized spacial score (nSPS) is 18.6. The minimum atomic E-state index is -0.962. The number of carboxylic acids is 1. The Morgan fingerprint density at radius 3 is 2.33 bits per heavy atom. The quantitative estimate of drug-likeness (QED) is 0.746. The van der Waals surface area contributed by atoms with Gasteiger partial charge >= 0.3 is 5.97 Å². The first-order valence-electron chi connectivity index (χ1n) is 6.75. The Bertz CT molecular complexity index is 286. The van der Waals surface area contributed by atoms with Crippen molar-refractivity contribution in [1.82, 2.24) is 10.2 Å². The van der Waals surface area contributed by atoms with E-state index in [0.717, 1.165) is 19.6 Å². The molecule has 5 heteroatoms. The molecule has 18 heavy (non-hydrogen) atoms. The first kappa shape index (κ1) is 15.0. The van der Waals surface area contributed by atoms with Crippen LogP contribution in [0.25, 0.3) is 0 Å². The van der Waals surface area contributed by atoms with Crippen molar-refractivity contribution in [3.63, 3.8) is 0 Å². The van der Waals surface area contributed by atoms with Gasteiger partial charge in [0.25, 0.3) is 0 Å². The van der Waals surface area contributed by atoms with Gasteiger partial charge < -0.3 is 15.3 Å². The molecule has 1 aliphatic rings. The summed E-state index contributed by atoms with van der Waals surface area (Å²) in [6, 6.07) is -0.779. The van der Waals surface area contributed by atoms with Gasteiger partial charge in [0, 0.05) is 13.0 Å². The molecule has 0 saturated carbocycles. The highest BCUT2D eigenvalue weighted by Crippen LogP contribution is 2.09. The molecule has 1 amide bonds. The number of amides is 1. The van der Waals surface area contributed by atoms with E-state index >= 15 is 0 Å². The molecule has 104 valence electrons. The molecule has 1 aliphatic heterocycles. The predicted octanol–water partition coefficient (Wildman–Crippen LogP) is 1.09. The number of rotatable bonds is 6. The van der Waals surface area contributed by atoms with E-state index in [4.69, 9.17) is 5.11 Å². The third-order valence-electron chi connectivity index (χ3n) is 3.35. The zero-order valence-electron chi connectivity index (χ0n) is 11.3. The Balaban J connectivity index is 2.29. The summed E-state index contributed by atoms with van der Waals surface area (Å²) in [5.74, 6) is -1.22. The van der Waals surface area contributed by atoms with Crippen LogP contribution in [-0.2, 0) is 9.59 Å². The van der Waals surface area contributed by atoms with Crippen LogP contribution in [0.3, 0.4) is 0 Å². The van der Waals surface area contributed by atoms with Gasteiger partial charge in [0.2, 0.25) is 5.91 Å². The number of carbonyl (C=O) groups is 2. The highest BCUT2D eigenvalue weighted by atomic mass is 16.4. The maximum absolute atomic E-state index is 11.7. The molecule has 1 heterocycles. The molecule has 1 atom stereocenters. The van der Waals surface area contributed by atoms with E-state index in [-0.39, 0.29) is 11.8 Å². The first-order valence-corrected chi connectivity index (χ1v) is 6.75. The summed E-state index contributed by atoms with van der Waals surface area (Å²) in [6.45, 7) is 6.43. The van der Waals surface area contributed by atoms with Gasteiger partial charge in [-0.2, -0.15) is 0 Å². The lowest BCUT2D eigenvalue weighted by atomic mass is 10.0. The third-order valence-corrected chi connectivity index (χ3v) is 3.35. The molecule has 0 aromatic heterocycles. The lowest BCUT2D eigenvalue weighted by Gasteiger charge is -2.26. The van der Waals surface area contributed by atoms with E-state index in [1.54, 1.807) is 13.8 Å². The number of likely N-dealkylation sites (tertiary alicyclic amines) is 1. The minimum absolute atomic E-state index is 0.0959. The molecule has 1 unspecified atom stereocenters. The summed E-state index contributed by atoms with van der Waals surface area (Å²) in [5.41, 5.74) is 0. The number of hydrogen-bond donors (Lipinski definition) is 2. The van der Waals surface area contributed by atoms with Crippen molar-refractivity contribution in [2.45, 2.75) is 45.6 Å². The summed E-state index contributed by atoms with van der Waals surface area (Å²) >= 11 is 0. The summed E-state index contributed by atoms with van der Waals surface area (Å²) in [4.78, 5) is 24.9. The molecule has 0 spiro atoms. The molecule has 0 radical (unpaired) electrons. The zero-order valence-corrected chi connectivity index (χ0v) is 11.3. The van der Waals surface area contributed by atoms with E-state index in [0.29, 0.717) is 6.42 Å². The van der Waals surface area contributed by atoms with Gasteiger partial charge in [-0.15, -0.1) is 0 Å². The average molecular weight is 256 g/mol. The maximum atomic E-state index is 11.7. The number of hydrogen-bond acceptors (Lipinski definition) is 3. The zero-order chi connectivity index (χ0) is 13.5. The Kier molecular flexibility index (Phi) is 6.12. The fourth-order valence-corrected chi connectivity index (χ4v) is 2.20. The SMILES string of the molecule is CC(C)C(NC(=O)CCN1CCCCC1)C(=O)O. The van der Waals surface area contributed by atoms with E-state index in [1.165, 1.54) is 19.3 Å². The number of carbonyl (C=O) groups excluding carboxylic acids is 1. The lowest BCUT2D eigenvalue weighted by Crippen LogP contribution is -2.45. The summed E-state index contributed by atoms with van der Waals surface area (Å²) in [5, 5.41) is 11.6. The van der Waals surface area contributed by atoms with Gasteiger partial charge in [0.05, 0.1) is 0 Å². The fourth-order valence-electron chi connectivity index (χ4n) is 2.20. The molecule has 2 N–H and O–H groups in total. The number of nitrogens with zero attached hydrogens (tertiary/aromatic N) is 1. The Hall–Kier alpha value is -1.10. The standard InChI is InChI=1S/C13H24N2O3/c1-10(2)12(13(17)18)14-11(16)6-9-15-7-4-3-5-8-15/h10,12H,3-9H2,1-2H3,(H,14,16)(H,17,18). The van der Waals surface area contributed by atoms with Crippen LogP contribution in [0.2, 0.25) is 0 Å². The van der Waals surface area contributed by atoms with E-state index in [1.807, 2.05) is 0 Å². The van der Waals surface area contributed by atoms with Crippen molar-refractivity contribution < 1.29 is 14.7 Å². The van der Waals surface area contributed by atoms with E-state index in [9.17, 15) is 9.59 Å². The van der Waals surface area contributed by atoms with E-state index < -0.39 is 12.0 Å². The topological polar surface area (TPSA) is 69.6 Å². The largest absolute Gasteiger partial charge is 0.480 e. The highest BCUT2D eigenvalue weighted by molar-refractivity contribution is 5.83. The molecular weight excluding hydrogens is 232 g/mol. The van der Waals surface area contributed by atoms with Gasteiger partial charge in [-0.05, 0) is 31.8 Å². The molecule has 1 fully saturated rings. The summed E-state index contributed by atoms with van der Waals surface area (Å²) in [6.07, 6.45) is 4.06. The molecular formula is C13H24N2O3. The molecule has 5 nitrogen and oxygen atoms in total. The molecule has 0 bridgehead atoms. The number of nitrogens with one attached hydrogen (secondary N) is 1. The van der Waals surface area contributed by atoms with Crippen LogP contribution in [0, 0.1) is 5.92 Å². The van der Waals surface area contributed by atoms with Crippen LogP contribution in [0.15, 0.2) is 0 Å². The number of aliphatic carboxylic acids is 1. The van der Waals surface area contributed by atoms with E-state index in [2.05, 4.69) is 10.2 Å². The van der Waals surface area contributed by atoms with Crippen LogP contribution in [0.4, 0.5) is 0 Å². The summed E-state index contributed by atoms with van der Waals surface area (Å²) in [7, 11) is 0. The van der Waals surface area contributed by atoms with Crippen molar-refractivity contribution >= 4 is 11.9 Å². The smallest absolute Gasteiger partial charge is 0.326 e. The monoisotopic (exact) mass is 256 g/mol. The number of piperidine rings is 1. The molecule has 0 aliphatic carbocycles. The summed E-state index contributed by atoms with van der Waals surface area (Å²) < 4.78 is 0. The van der Waals surface area contributed by atoms with Crippen LogP contribution in [-0.4, -0.2) is 47.6 Å². The minimum Gasteiger partial charge on any atom is -0.480 e. The Labute approximate surface area is 109 Å². The second-order valence-electron chi connectivity index (χ2n) is 5.28. The van der Waals surface area contributed by atoms with Crippen LogP contribution >= 0.6 is 0 Å². The van der Waals surface area contributed by atoms with Crippen LogP contribution in [0.5, 0.6) is 0 Å². The predicted molar refractivity (Wildman–Crippen MR) is 69.3 cm³/mol. The van der Waals surface area contributed by atoms with Gasteiger partial charge in [0.1, 0.15) is 6.04 Å². The average Bonchev–Trinajstić information content (AvgIpc) is 2.34. The molecule has 1 saturated heterocycles. The van der Waals surface area contributed by atoms with Crippen molar-refractivity contribution in [1.29, 1.82) is 0 Å². The second-order valence-corrected chi connectivity index (χ2v) is 5.28. The van der Waals surface area contributed by atoms with Gasteiger partial charge in [-0.25, -0.2) is 4.79 Å². The lowest BCUT2D eigenvalue weighted by molar-refractivity contribution is -0.143. The second kappa shape index (κ2) is 7.36. The van der Waals surface area contributed by atoms with Crippen molar-refractivity contribution in [2.75, 3.05) is 19.6 Å². The molecule has 0 aromatic rings. The Morgan fingerprint density at radius 2 is 1.83 bits per heavy atom. The third kappa shape index (κ3) is 5.04. The van der Waals surface area contributed by atoms with Crippen molar-refractivity contribution in [2.24, 2.45) is 5.92 Å². The number of carboxylic acid groups (broad SMARTS) is 1. The highest BCUT2D eigenvalue weighted by Gasteiger charge is 2.23. The van der Waals surface area contributed by atoms with Gasteiger partial charge in [-0.1, -0.05) is 20.3 Å². The fraction of sp³-hybridized carbons (Fsp3) is 0.846. The van der Waals surface area contributed by atoms with Gasteiger partial charge in [0.15, 0.2) is 0 Å². The Morgan fingerprint density at radius 1 is 1.22 bits per heavy atom. The van der Waals surface area contributed by atoms with Crippen molar-refractivity contribution in [3.8, 4) is 0 Å². The first-order chi connectivity index (χ1) is 8.50. The van der Waals surface area contributed by atoms with Crippen LogP contribution in [0.1, 0.15) is 39.5 Å². The molecule has 1 rings (SSSR count). The molecule has 0 aromatic carbocycles. The van der Waals surface area contributed by atoms with Crippen LogP contribution < -0.4 is 5.32 Å². The van der Waals surface area contributed by atoms with Gasteiger partial charge in [-0.3, -0.25) is 4.79 Å². The van der Waals surface area contributed by atoms with Crippen molar-refractivity contribution in [3.05, 3.63) is 0 Å². The maximum Gasteiger partial charge on any atom is 0.326 e.